The van der Waals surface area contributed by atoms with Crippen LogP contribution in [0.5, 0.6) is 0 Å². The van der Waals surface area contributed by atoms with Gasteiger partial charge >= 0.3 is 29.7 Å². The largest absolute Gasteiger partial charge is 0.477 e. The predicted molar refractivity (Wildman–Crippen MR) is 121 cm³/mol. The quantitative estimate of drug-likeness (QED) is 0.399. The molecule has 9 nitrogen and oxygen atoms in total. The van der Waals surface area contributed by atoms with Gasteiger partial charge in [-0.25, -0.2) is 14.4 Å². The van der Waals surface area contributed by atoms with Crippen molar-refractivity contribution >= 4 is 17.0 Å². The first-order valence-corrected chi connectivity index (χ1v) is 10.6. The number of carboxylic acids is 1. The first-order valence-electron chi connectivity index (χ1n) is 10.6. The Balaban J connectivity index is 2.01. The minimum atomic E-state index is -5.52. The Hall–Kier alpha value is -4.56. The predicted octanol–water partition coefficient (Wildman–Crippen LogP) is 2.97. The minimum absolute atomic E-state index is 0.0555. The molecular formula is C23H16F6N4O5. The van der Waals surface area contributed by atoms with Crippen molar-refractivity contribution < 1.29 is 36.2 Å². The summed E-state index contributed by atoms with van der Waals surface area (Å²) in [5.41, 5.74) is -8.80. The summed E-state index contributed by atoms with van der Waals surface area (Å²) < 4.78 is 84.5. The number of hydrogen-bond acceptors (Lipinski definition) is 4. The Morgan fingerprint density at radius 3 is 2.08 bits per heavy atom. The molecule has 200 valence electrons. The number of hydrogen-bond donors (Lipinski definition) is 1. The monoisotopic (exact) mass is 542 g/mol. The highest BCUT2D eigenvalue weighted by atomic mass is 19.4. The second-order valence-corrected chi connectivity index (χ2v) is 8.30. The Labute approximate surface area is 207 Å². The van der Waals surface area contributed by atoms with Crippen molar-refractivity contribution in [1.82, 2.24) is 18.3 Å². The Bertz CT molecular complexity index is 1790. The van der Waals surface area contributed by atoms with Crippen molar-refractivity contribution in [3.63, 3.8) is 0 Å². The lowest BCUT2D eigenvalue weighted by Crippen LogP contribution is -2.42. The van der Waals surface area contributed by atoms with E-state index in [-0.39, 0.29) is 16.3 Å². The molecule has 2 aromatic heterocycles. The molecule has 0 aliphatic heterocycles. The molecule has 4 aromatic rings. The van der Waals surface area contributed by atoms with Crippen LogP contribution in [0.3, 0.4) is 0 Å². The van der Waals surface area contributed by atoms with Crippen LogP contribution < -0.4 is 16.9 Å². The van der Waals surface area contributed by atoms with E-state index in [2.05, 4.69) is 0 Å². The number of benzene rings is 2. The second-order valence-electron chi connectivity index (χ2n) is 8.30. The molecule has 0 spiro atoms. The van der Waals surface area contributed by atoms with Crippen LogP contribution in [0, 0.1) is 0 Å². The number of aromatic carboxylic acids is 1. The van der Waals surface area contributed by atoms with Crippen molar-refractivity contribution in [2.45, 2.75) is 18.9 Å². The zero-order chi connectivity index (χ0) is 28.3. The third-order valence-corrected chi connectivity index (χ3v) is 6.00. The van der Waals surface area contributed by atoms with Gasteiger partial charge in [0.2, 0.25) is 0 Å². The van der Waals surface area contributed by atoms with E-state index in [1.165, 1.54) is 41.4 Å². The van der Waals surface area contributed by atoms with E-state index in [9.17, 15) is 50.6 Å². The molecule has 15 heteroatoms. The molecule has 0 unspecified atom stereocenters. The van der Waals surface area contributed by atoms with Crippen LogP contribution in [0.2, 0.25) is 0 Å². The number of imidazole rings is 1. The van der Waals surface area contributed by atoms with Gasteiger partial charge in [0.15, 0.2) is 0 Å². The van der Waals surface area contributed by atoms with E-state index in [4.69, 9.17) is 0 Å². The number of fused-ring (bicyclic) bond motifs is 1. The van der Waals surface area contributed by atoms with E-state index in [0.717, 1.165) is 0 Å². The van der Waals surface area contributed by atoms with E-state index >= 15 is 0 Å². The highest BCUT2D eigenvalue weighted by Gasteiger charge is 2.44. The summed E-state index contributed by atoms with van der Waals surface area (Å²) in [6.07, 6.45) is -10.3. The van der Waals surface area contributed by atoms with E-state index < -0.39 is 64.1 Å². The number of halogens is 6. The molecule has 0 aliphatic rings. The zero-order valence-corrected chi connectivity index (χ0v) is 19.4. The van der Waals surface area contributed by atoms with Crippen molar-refractivity contribution in [1.29, 1.82) is 0 Å². The smallest absolute Gasteiger partial charge is 0.417 e. The SMILES string of the molecule is Cn1c(=O)n(C)c2cc(-n3cc(C(=O)O)c(=O)n(Cc4cccc(C(F)(F)F)c4C(F)(F)F)c3=O)ccc21. The fraction of sp³-hybridized carbons (Fsp3) is 0.217. The standard InChI is InChI=1S/C23H16F6N4O5/c1-30-15-7-6-12(8-16(15)31(2)20(30)37)32-10-13(19(35)36)18(34)33(21(32)38)9-11-4-3-5-14(22(24,25)26)17(11)23(27,28)29/h3-8,10H,9H2,1-2H3,(H,35,36). The molecule has 0 atom stereocenters. The summed E-state index contributed by atoms with van der Waals surface area (Å²) in [6, 6.07) is 5.58. The number of aryl methyl sites for hydroxylation is 2. The molecule has 1 N–H and O–H groups in total. The van der Waals surface area contributed by atoms with Crippen LogP contribution in [-0.2, 0) is 33.0 Å². The summed E-state index contributed by atoms with van der Waals surface area (Å²) in [5, 5.41) is 9.50. The van der Waals surface area contributed by atoms with Crippen LogP contribution in [0.1, 0.15) is 27.0 Å². The van der Waals surface area contributed by atoms with Crippen molar-refractivity contribution in [2.24, 2.45) is 14.1 Å². The van der Waals surface area contributed by atoms with Gasteiger partial charge in [-0.05, 0) is 29.8 Å². The molecule has 0 saturated heterocycles. The fourth-order valence-corrected chi connectivity index (χ4v) is 4.19. The van der Waals surface area contributed by atoms with Gasteiger partial charge in [-0.2, -0.15) is 26.3 Å². The molecule has 0 fully saturated rings. The molecule has 38 heavy (non-hydrogen) atoms. The lowest BCUT2D eigenvalue weighted by Gasteiger charge is -2.20. The van der Waals surface area contributed by atoms with Gasteiger partial charge in [0.05, 0.1) is 34.4 Å². The molecule has 0 amide bonds. The average molecular weight is 542 g/mol. The minimum Gasteiger partial charge on any atom is -0.477 e. The summed E-state index contributed by atoms with van der Waals surface area (Å²) in [7, 11) is 2.90. The maximum atomic E-state index is 13.7. The Morgan fingerprint density at radius 2 is 1.50 bits per heavy atom. The maximum Gasteiger partial charge on any atom is 0.417 e. The number of aromatic nitrogens is 4. The first kappa shape index (κ1) is 26.5. The van der Waals surface area contributed by atoms with Gasteiger partial charge in [0.25, 0.3) is 5.56 Å². The highest BCUT2D eigenvalue weighted by Crippen LogP contribution is 2.42. The first-order chi connectivity index (χ1) is 17.5. The van der Waals surface area contributed by atoms with Gasteiger partial charge < -0.3 is 5.11 Å². The van der Waals surface area contributed by atoms with Crippen LogP contribution >= 0.6 is 0 Å². The van der Waals surface area contributed by atoms with Crippen molar-refractivity contribution in [2.75, 3.05) is 0 Å². The number of carbonyl (C=O) groups is 1. The van der Waals surface area contributed by atoms with Gasteiger partial charge in [-0.3, -0.25) is 23.1 Å². The zero-order valence-electron chi connectivity index (χ0n) is 19.4. The molecular weight excluding hydrogens is 526 g/mol. The lowest BCUT2D eigenvalue weighted by atomic mass is 9.99. The van der Waals surface area contributed by atoms with Crippen molar-refractivity contribution in [3.8, 4) is 5.69 Å². The van der Waals surface area contributed by atoms with E-state index in [1.807, 2.05) is 0 Å². The third-order valence-electron chi connectivity index (χ3n) is 6.00. The van der Waals surface area contributed by atoms with Crippen LogP contribution in [0.15, 0.2) is 57.0 Å². The summed E-state index contributed by atoms with van der Waals surface area (Å²) in [6.45, 7) is -1.30. The lowest BCUT2D eigenvalue weighted by molar-refractivity contribution is -0.162. The van der Waals surface area contributed by atoms with Gasteiger partial charge in [-0.15, -0.1) is 0 Å². The topological polar surface area (TPSA) is 108 Å². The van der Waals surface area contributed by atoms with E-state index in [1.54, 1.807) is 0 Å². The second kappa shape index (κ2) is 8.78. The van der Waals surface area contributed by atoms with E-state index in [0.29, 0.717) is 33.9 Å². The number of alkyl halides is 6. The third kappa shape index (κ3) is 4.29. The number of carboxylic acid groups (broad SMARTS) is 1. The summed E-state index contributed by atoms with van der Waals surface area (Å²) in [4.78, 5) is 50.0. The molecule has 2 heterocycles. The Kier molecular flexibility index (Phi) is 6.12. The maximum absolute atomic E-state index is 13.7. The normalized spacial score (nSPS) is 12.3. The molecule has 0 radical (unpaired) electrons. The highest BCUT2D eigenvalue weighted by molar-refractivity contribution is 5.87. The summed E-state index contributed by atoms with van der Waals surface area (Å²) in [5.74, 6) is -1.83. The molecule has 0 aliphatic carbocycles. The fourth-order valence-electron chi connectivity index (χ4n) is 4.19. The summed E-state index contributed by atoms with van der Waals surface area (Å²) >= 11 is 0. The van der Waals surface area contributed by atoms with Crippen LogP contribution in [0.25, 0.3) is 16.7 Å². The van der Waals surface area contributed by atoms with Gasteiger partial charge in [0.1, 0.15) is 5.56 Å². The average Bonchev–Trinajstić information content (AvgIpc) is 3.03. The molecule has 4 rings (SSSR count). The molecule has 0 saturated carbocycles. The van der Waals surface area contributed by atoms with Gasteiger partial charge in [0, 0.05) is 20.3 Å². The Morgan fingerprint density at radius 1 is 0.868 bits per heavy atom. The molecule has 2 aromatic carbocycles. The number of nitrogens with zero attached hydrogens (tertiary/aromatic N) is 4. The number of rotatable bonds is 4. The van der Waals surface area contributed by atoms with Crippen LogP contribution in [-0.4, -0.2) is 29.3 Å². The molecule has 0 bridgehead atoms. The van der Waals surface area contributed by atoms with Gasteiger partial charge in [-0.1, -0.05) is 12.1 Å². The van der Waals surface area contributed by atoms with Crippen molar-refractivity contribution in [3.05, 3.63) is 96.2 Å². The van der Waals surface area contributed by atoms with Crippen LogP contribution in [0.4, 0.5) is 26.3 Å².